The molecule has 2 unspecified atom stereocenters. The standard InChI is InChI=1S/C17H35N2O7P/c1-12(2)10-19-13(20)8-9-18-15(22)14(21)17(6,7)11-25-27(23,24)26-16(3,4)5/h12,14,21H,8-11H2,1-7H3,(H,18,22)(H,19,20)(H,23,24). The Morgan fingerprint density at radius 2 is 1.67 bits per heavy atom. The third kappa shape index (κ3) is 12.2. The van der Waals surface area contributed by atoms with Gasteiger partial charge in [-0.05, 0) is 26.7 Å². The van der Waals surface area contributed by atoms with Gasteiger partial charge in [-0.2, -0.15) is 0 Å². The molecule has 27 heavy (non-hydrogen) atoms. The Bertz CT molecular complexity index is 544. The minimum atomic E-state index is -4.33. The molecule has 0 aromatic heterocycles. The average molecular weight is 410 g/mol. The van der Waals surface area contributed by atoms with Crippen LogP contribution in [0.4, 0.5) is 0 Å². The number of phosphoric ester groups is 1. The van der Waals surface area contributed by atoms with Crippen molar-refractivity contribution in [1.82, 2.24) is 10.6 Å². The van der Waals surface area contributed by atoms with Gasteiger partial charge in [0.05, 0.1) is 12.2 Å². The number of hydrogen-bond acceptors (Lipinski definition) is 6. The van der Waals surface area contributed by atoms with Crippen LogP contribution in [-0.4, -0.2) is 53.2 Å². The summed E-state index contributed by atoms with van der Waals surface area (Å²) in [5.41, 5.74) is -2.04. The van der Waals surface area contributed by atoms with E-state index in [1.807, 2.05) is 13.8 Å². The molecule has 0 radical (unpaired) electrons. The number of nitrogens with one attached hydrogen (secondary N) is 2. The van der Waals surface area contributed by atoms with Crippen LogP contribution in [0.15, 0.2) is 0 Å². The van der Waals surface area contributed by atoms with Crippen LogP contribution >= 0.6 is 7.82 Å². The van der Waals surface area contributed by atoms with Gasteiger partial charge in [-0.25, -0.2) is 4.57 Å². The molecule has 0 aliphatic heterocycles. The zero-order valence-electron chi connectivity index (χ0n) is 17.4. The topological polar surface area (TPSA) is 134 Å². The second kappa shape index (κ2) is 10.5. The Morgan fingerprint density at radius 1 is 1.11 bits per heavy atom. The fourth-order valence-electron chi connectivity index (χ4n) is 1.86. The molecule has 0 aromatic rings. The molecular formula is C17H35N2O7P. The van der Waals surface area contributed by atoms with Crippen LogP contribution in [0.5, 0.6) is 0 Å². The first-order chi connectivity index (χ1) is 12.1. The van der Waals surface area contributed by atoms with E-state index in [1.54, 1.807) is 20.8 Å². The molecule has 0 saturated heterocycles. The van der Waals surface area contributed by atoms with Gasteiger partial charge in [0.15, 0.2) is 0 Å². The second-order valence-electron chi connectivity index (χ2n) is 8.58. The minimum absolute atomic E-state index is 0.0718. The smallest absolute Gasteiger partial charge is 0.383 e. The maximum absolute atomic E-state index is 12.1. The van der Waals surface area contributed by atoms with Crippen molar-refractivity contribution in [2.75, 3.05) is 19.7 Å². The molecule has 0 heterocycles. The molecule has 0 fully saturated rings. The Balaban J connectivity index is 4.46. The Hall–Kier alpha value is -0.990. The molecule has 0 saturated carbocycles. The highest BCUT2D eigenvalue weighted by Gasteiger charge is 2.38. The van der Waals surface area contributed by atoms with E-state index in [-0.39, 0.29) is 25.5 Å². The van der Waals surface area contributed by atoms with Crippen LogP contribution < -0.4 is 10.6 Å². The van der Waals surface area contributed by atoms with Gasteiger partial charge in [0.1, 0.15) is 6.10 Å². The molecule has 0 bridgehead atoms. The lowest BCUT2D eigenvalue weighted by molar-refractivity contribution is -0.137. The van der Waals surface area contributed by atoms with Gasteiger partial charge in [0.2, 0.25) is 11.8 Å². The summed E-state index contributed by atoms with van der Waals surface area (Å²) in [6.45, 7) is 12.0. The number of phosphoric acid groups is 1. The van der Waals surface area contributed by atoms with Gasteiger partial charge >= 0.3 is 7.82 Å². The predicted molar refractivity (Wildman–Crippen MR) is 102 cm³/mol. The van der Waals surface area contributed by atoms with Gasteiger partial charge in [-0.15, -0.1) is 0 Å². The maximum Gasteiger partial charge on any atom is 0.472 e. The monoisotopic (exact) mass is 410 g/mol. The van der Waals surface area contributed by atoms with Crippen LogP contribution in [0, 0.1) is 11.3 Å². The van der Waals surface area contributed by atoms with Crippen LogP contribution in [0.3, 0.4) is 0 Å². The van der Waals surface area contributed by atoms with Crippen LogP contribution in [0.1, 0.15) is 54.9 Å². The van der Waals surface area contributed by atoms with Crippen molar-refractivity contribution in [1.29, 1.82) is 0 Å². The van der Waals surface area contributed by atoms with E-state index in [0.29, 0.717) is 12.5 Å². The molecule has 9 nitrogen and oxygen atoms in total. The van der Waals surface area contributed by atoms with Crippen molar-refractivity contribution in [3.63, 3.8) is 0 Å². The molecule has 4 N–H and O–H groups in total. The summed E-state index contributed by atoms with van der Waals surface area (Å²) in [5.74, 6) is -0.553. The highest BCUT2D eigenvalue weighted by molar-refractivity contribution is 7.47. The number of carbonyl (C=O) groups excluding carboxylic acids is 2. The maximum atomic E-state index is 12.1. The number of rotatable bonds is 11. The molecule has 10 heteroatoms. The SMILES string of the molecule is CC(C)CNC(=O)CCNC(=O)C(O)C(C)(C)COP(=O)(O)OC(C)(C)C. The van der Waals surface area contributed by atoms with E-state index in [4.69, 9.17) is 9.05 Å². The summed E-state index contributed by atoms with van der Waals surface area (Å²) in [6, 6.07) is 0. The highest BCUT2D eigenvalue weighted by Crippen LogP contribution is 2.48. The lowest BCUT2D eigenvalue weighted by Gasteiger charge is -2.31. The molecule has 0 aliphatic carbocycles. The lowest BCUT2D eigenvalue weighted by atomic mass is 9.87. The van der Waals surface area contributed by atoms with E-state index < -0.39 is 30.8 Å². The average Bonchev–Trinajstić information content (AvgIpc) is 2.48. The number of hydrogen-bond donors (Lipinski definition) is 4. The first-order valence-corrected chi connectivity index (χ1v) is 10.5. The Labute approximate surface area is 161 Å². The van der Waals surface area contributed by atoms with Crippen LogP contribution in [0.25, 0.3) is 0 Å². The van der Waals surface area contributed by atoms with Gasteiger partial charge in [0, 0.05) is 24.9 Å². The first-order valence-electron chi connectivity index (χ1n) is 8.96. The molecule has 0 aromatic carbocycles. The summed E-state index contributed by atoms with van der Waals surface area (Å²) in [6.07, 6.45) is -1.40. The third-order valence-corrected chi connectivity index (χ3v) is 4.57. The lowest BCUT2D eigenvalue weighted by Crippen LogP contribution is -2.46. The van der Waals surface area contributed by atoms with Gasteiger partial charge in [0.25, 0.3) is 0 Å². The van der Waals surface area contributed by atoms with E-state index in [1.165, 1.54) is 13.8 Å². The van der Waals surface area contributed by atoms with Crippen molar-refractivity contribution < 1.29 is 33.2 Å². The summed E-state index contributed by atoms with van der Waals surface area (Å²) >= 11 is 0. The number of aliphatic hydroxyl groups excluding tert-OH is 1. The molecule has 2 amide bonds. The van der Waals surface area contributed by atoms with Crippen LogP contribution in [-0.2, 0) is 23.2 Å². The van der Waals surface area contributed by atoms with Gasteiger partial charge in [-0.3, -0.25) is 18.6 Å². The molecule has 0 rings (SSSR count). The second-order valence-corrected chi connectivity index (χ2v) is 9.95. The Morgan fingerprint density at radius 3 is 2.15 bits per heavy atom. The van der Waals surface area contributed by atoms with Crippen molar-refractivity contribution in [2.24, 2.45) is 11.3 Å². The molecular weight excluding hydrogens is 375 g/mol. The fraction of sp³-hybridized carbons (Fsp3) is 0.882. The summed E-state index contributed by atoms with van der Waals surface area (Å²) in [5, 5.41) is 15.4. The quantitative estimate of drug-likeness (QED) is 0.380. The summed E-state index contributed by atoms with van der Waals surface area (Å²) in [7, 11) is -4.33. The summed E-state index contributed by atoms with van der Waals surface area (Å²) in [4.78, 5) is 33.4. The van der Waals surface area contributed by atoms with E-state index in [0.717, 1.165) is 0 Å². The molecule has 160 valence electrons. The molecule has 2 atom stereocenters. The highest BCUT2D eigenvalue weighted by atomic mass is 31.2. The van der Waals surface area contributed by atoms with Crippen molar-refractivity contribution in [2.45, 2.75) is 66.6 Å². The number of carbonyl (C=O) groups is 2. The van der Waals surface area contributed by atoms with E-state index >= 15 is 0 Å². The largest absolute Gasteiger partial charge is 0.472 e. The van der Waals surface area contributed by atoms with Gasteiger partial charge < -0.3 is 20.6 Å². The predicted octanol–water partition coefficient (Wildman–Crippen LogP) is 1.58. The molecule has 0 spiro atoms. The third-order valence-electron chi connectivity index (χ3n) is 3.34. The van der Waals surface area contributed by atoms with Crippen molar-refractivity contribution in [3.05, 3.63) is 0 Å². The number of aliphatic hydroxyl groups is 1. The Kier molecular flexibility index (Phi) is 10.1. The zero-order valence-corrected chi connectivity index (χ0v) is 18.3. The minimum Gasteiger partial charge on any atom is -0.383 e. The van der Waals surface area contributed by atoms with Crippen molar-refractivity contribution in [3.8, 4) is 0 Å². The number of amides is 2. The van der Waals surface area contributed by atoms with Crippen molar-refractivity contribution >= 4 is 19.6 Å². The van der Waals surface area contributed by atoms with E-state index in [9.17, 15) is 24.2 Å². The fourth-order valence-corrected chi connectivity index (χ4v) is 3.10. The van der Waals surface area contributed by atoms with E-state index in [2.05, 4.69) is 10.6 Å². The zero-order chi connectivity index (χ0) is 21.5. The normalized spacial score (nSPS) is 15.9. The molecule has 0 aliphatic rings. The van der Waals surface area contributed by atoms with Crippen LogP contribution in [0.2, 0.25) is 0 Å². The summed E-state index contributed by atoms with van der Waals surface area (Å²) < 4.78 is 21.8. The van der Waals surface area contributed by atoms with Gasteiger partial charge in [-0.1, -0.05) is 27.7 Å². The first kappa shape index (κ1) is 26.0.